The molecule has 0 radical (unpaired) electrons. The Morgan fingerprint density at radius 2 is 1.06 bits per heavy atom. The Labute approximate surface area is 292 Å². The molecule has 246 valence electrons. The fourth-order valence-corrected chi connectivity index (χ4v) is 8.01. The lowest BCUT2D eigenvalue weighted by Crippen LogP contribution is -2.41. The minimum Gasteiger partial charge on any atom is -0.466 e. The van der Waals surface area contributed by atoms with Gasteiger partial charge in [-0.15, -0.1) is 0 Å². The van der Waals surface area contributed by atoms with Gasteiger partial charge in [0.25, 0.3) is 11.8 Å². The molecule has 48 heavy (non-hydrogen) atoms. The van der Waals surface area contributed by atoms with Crippen molar-refractivity contribution in [3.63, 3.8) is 0 Å². The quantitative estimate of drug-likeness (QED) is 0.0272. The standard InChI is InChI=1S/C34H24Cl4N2O8/c35-18-10-14-23-15(32(43)40(31(14)42)7-3-5-8-46-22(41)6-2-1-4-9-47-39)11-19(36)26-28-21(38)13-17-24-16(33(44)48-34(17)45)12-20(37)27(30(24)28)25(18)29(23)26/h10-13H,1-9,39H2. The van der Waals surface area contributed by atoms with Crippen molar-refractivity contribution in [2.45, 2.75) is 38.5 Å². The number of benzene rings is 5. The molecule has 0 aromatic heterocycles. The molecular formula is C34H24Cl4N2O8. The van der Waals surface area contributed by atoms with Crippen molar-refractivity contribution in [2.75, 3.05) is 19.8 Å². The van der Waals surface area contributed by atoms with Crippen LogP contribution in [0.15, 0.2) is 24.3 Å². The van der Waals surface area contributed by atoms with Gasteiger partial charge in [-0.2, -0.15) is 0 Å². The third-order valence-corrected chi connectivity index (χ3v) is 10.1. The molecule has 2 aliphatic heterocycles. The monoisotopic (exact) mass is 728 g/mol. The fourth-order valence-electron chi connectivity index (χ4n) is 6.82. The maximum Gasteiger partial charge on any atom is 0.346 e. The molecular weight excluding hydrogens is 706 g/mol. The molecule has 0 saturated carbocycles. The molecule has 0 atom stereocenters. The Bertz CT molecular complexity index is 2140. The number of hydrogen-bond acceptors (Lipinski definition) is 9. The van der Waals surface area contributed by atoms with Crippen LogP contribution in [0.3, 0.4) is 0 Å². The number of amides is 2. The summed E-state index contributed by atoms with van der Waals surface area (Å²) in [6.45, 7) is 0.653. The van der Waals surface area contributed by atoms with Gasteiger partial charge in [0.1, 0.15) is 0 Å². The number of halogens is 4. The van der Waals surface area contributed by atoms with Crippen molar-refractivity contribution in [2.24, 2.45) is 5.90 Å². The molecule has 2 amide bonds. The highest BCUT2D eigenvalue weighted by Crippen LogP contribution is 2.53. The number of carbonyl (C=O) groups excluding carboxylic acids is 5. The first-order valence-electron chi connectivity index (χ1n) is 15.1. The van der Waals surface area contributed by atoms with Crippen LogP contribution >= 0.6 is 46.4 Å². The predicted molar refractivity (Wildman–Crippen MR) is 182 cm³/mol. The van der Waals surface area contributed by atoms with Gasteiger partial charge >= 0.3 is 17.9 Å². The molecule has 7 rings (SSSR count). The van der Waals surface area contributed by atoms with Gasteiger partial charge in [-0.05, 0) is 49.9 Å². The van der Waals surface area contributed by atoms with E-state index in [4.69, 9.17) is 61.8 Å². The first kappa shape index (κ1) is 32.8. The van der Waals surface area contributed by atoms with Gasteiger partial charge in [-0.1, -0.05) is 52.8 Å². The summed E-state index contributed by atoms with van der Waals surface area (Å²) in [6, 6.07) is 5.78. The molecule has 5 aromatic carbocycles. The summed E-state index contributed by atoms with van der Waals surface area (Å²) in [4.78, 5) is 71.0. The zero-order valence-electron chi connectivity index (χ0n) is 25.0. The summed E-state index contributed by atoms with van der Waals surface area (Å²) in [5, 5.41) is 3.52. The van der Waals surface area contributed by atoms with Crippen molar-refractivity contribution in [1.82, 2.24) is 4.90 Å². The van der Waals surface area contributed by atoms with Gasteiger partial charge in [0.2, 0.25) is 0 Å². The van der Waals surface area contributed by atoms with Crippen LogP contribution in [0.25, 0.3) is 43.1 Å². The first-order valence-corrected chi connectivity index (χ1v) is 16.6. The van der Waals surface area contributed by atoms with Crippen molar-refractivity contribution in [3.05, 3.63) is 66.6 Å². The van der Waals surface area contributed by atoms with E-state index in [0.717, 1.165) is 17.7 Å². The molecule has 14 heteroatoms. The Morgan fingerprint density at radius 1 is 0.604 bits per heavy atom. The normalized spacial score (nSPS) is 14.3. The molecule has 0 unspecified atom stereocenters. The average Bonchev–Trinajstić information content (AvgIpc) is 3.05. The van der Waals surface area contributed by atoms with Crippen molar-refractivity contribution in [3.8, 4) is 0 Å². The molecule has 10 nitrogen and oxygen atoms in total. The van der Waals surface area contributed by atoms with E-state index in [1.54, 1.807) is 0 Å². The van der Waals surface area contributed by atoms with E-state index in [2.05, 4.69) is 4.84 Å². The number of ether oxygens (including phenoxy) is 2. The third-order valence-electron chi connectivity index (χ3n) is 8.88. The molecule has 0 saturated heterocycles. The summed E-state index contributed by atoms with van der Waals surface area (Å²) in [7, 11) is 0. The van der Waals surface area contributed by atoms with Crippen LogP contribution in [0.5, 0.6) is 0 Å². The molecule has 0 spiro atoms. The predicted octanol–water partition coefficient (Wildman–Crippen LogP) is 8.03. The zero-order valence-corrected chi connectivity index (χ0v) is 28.0. The van der Waals surface area contributed by atoms with Crippen molar-refractivity contribution < 1.29 is 38.3 Å². The number of esters is 3. The van der Waals surface area contributed by atoms with Crippen LogP contribution in [0, 0.1) is 0 Å². The van der Waals surface area contributed by atoms with Gasteiger partial charge in [-0.25, -0.2) is 15.5 Å². The van der Waals surface area contributed by atoms with E-state index < -0.39 is 23.8 Å². The van der Waals surface area contributed by atoms with Crippen molar-refractivity contribution >= 4 is 119 Å². The van der Waals surface area contributed by atoms with Gasteiger partial charge in [0, 0.05) is 76.1 Å². The Hall–Kier alpha value is -3.77. The number of nitrogens with two attached hydrogens (primary N) is 1. The van der Waals surface area contributed by atoms with Crippen LogP contribution in [0.1, 0.15) is 80.0 Å². The first-order chi connectivity index (χ1) is 23.0. The molecule has 0 fully saturated rings. The summed E-state index contributed by atoms with van der Waals surface area (Å²) in [5.74, 6) is 1.86. The topological polar surface area (TPSA) is 142 Å². The van der Waals surface area contributed by atoms with Crippen LogP contribution < -0.4 is 5.90 Å². The van der Waals surface area contributed by atoms with Crippen LogP contribution in [0.4, 0.5) is 0 Å². The lowest BCUT2D eigenvalue weighted by atomic mass is 9.82. The van der Waals surface area contributed by atoms with Crippen LogP contribution in [-0.2, 0) is 19.1 Å². The molecule has 2 aliphatic rings. The Balaban J connectivity index is 1.27. The van der Waals surface area contributed by atoms with Crippen LogP contribution in [-0.4, -0.2) is 54.4 Å². The van der Waals surface area contributed by atoms with E-state index in [9.17, 15) is 24.0 Å². The van der Waals surface area contributed by atoms with Gasteiger partial charge < -0.3 is 14.3 Å². The number of rotatable bonds is 11. The van der Waals surface area contributed by atoms with E-state index in [1.807, 2.05) is 0 Å². The highest BCUT2D eigenvalue weighted by molar-refractivity contribution is 6.55. The van der Waals surface area contributed by atoms with E-state index in [1.165, 1.54) is 24.3 Å². The number of cyclic esters (lactones) is 2. The van der Waals surface area contributed by atoms with E-state index in [-0.39, 0.29) is 67.9 Å². The minimum absolute atomic E-state index is 0.0729. The summed E-state index contributed by atoms with van der Waals surface area (Å²) >= 11 is 27.6. The second-order valence-electron chi connectivity index (χ2n) is 11.7. The fraction of sp³-hybridized carbons (Fsp3) is 0.265. The number of carbonyl (C=O) groups is 5. The number of hydrogen-bond donors (Lipinski definition) is 1. The molecule has 0 bridgehead atoms. The largest absolute Gasteiger partial charge is 0.466 e. The lowest BCUT2D eigenvalue weighted by Gasteiger charge is -2.30. The van der Waals surface area contributed by atoms with Gasteiger partial charge in [-0.3, -0.25) is 19.3 Å². The molecule has 2 N–H and O–H groups in total. The second-order valence-corrected chi connectivity index (χ2v) is 13.3. The van der Waals surface area contributed by atoms with Gasteiger partial charge in [0.15, 0.2) is 0 Å². The zero-order chi connectivity index (χ0) is 34.0. The smallest absolute Gasteiger partial charge is 0.346 e. The number of nitrogens with zero attached hydrogens (tertiary/aromatic N) is 1. The number of unbranched alkanes of at least 4 members (excludes halogenated alkanes) is 3. The Kier molecular flexibility index (Phi) is 8.60. The Morgan fingerprint density at radius 3 is 1.56 bits per heavy atom. The summed E-state index contributed by atoms with van der Waals surface area (Å²) in [6.07, 6.45) is 3.31. The minimum atomic E-state index is -0.859. The summed E-state index contributed by atoms with van der Waals surface area (Å²) in [5.41, 5.74) is 0.546. The molecule has 0 aliphatic carbocycles. The third kappa shape index (κ3) is 5.05. The maximum atomic E-state index is 13.9. The molecule has 5 aromatic rings. The lowest BCUT2D eigenvalue weighted by molar-refractivity contribution is -0.143. The average molecular weight is 730 g/mol. The highest BCUT2D eigenvalue weighted by Gasteiger charge is 2.38. The SMILES string of the molecule is NOCCCCCC(=O)OCCCCN1C(=O)c2cc(Cl)c3c4c(Cl)cc5c6c(cc(Cl)c(c7c(Cl)cc(c2c37)C1=O)c64)C(=O)OC5=O. The highest BCUT2D eigenvalue weighted by atomic mass is 35.5. The maximum absolute atomic E-state index is 13.9. The summed E-state index contributed by atoms with van der Waals surface area (Å²) < 4.78 is 10.2. The second kappa shape index (κ2) is 12.6. The van der Waals surface area contributed by atoms with Gasteiger partial charge in [0.05, 0.1) is 35.5 Å². The van der Waals surface area contributed by atoms with Crippen LogP contribution in [0.2, 0.25) is 20.1 Å². The number of imide groups is 1. The number of fused-ring (bicyclic) bond motifs is 2. The molecule has 2 heterocycles. The van der Waals surface area contributed by atoms with E-state index >= 15 is 0 Å². The van der Waals surface area contributed by atoms with Crippen molar-refractivity contribution in [1.29, 1.82) is 0 Å². The van der Waals surface area contributed by atoms with E-state index in [0.29, 0.717) is 69.0 Å².